The van der Waals surface area contributed by atoms with Gasteiger partial charge in [-0.15, -0.1) is 0 Å². The van der Waals surface area contributed by atoms with Gasteiger partial charge in [0, 0.05) is 6.54 Å². The maximum absolute atomic E-state index is 11.3. The highest BCUT2D eigenvalue weighted by molar-refractivity contribution is 5.90. The van der Waals surface area contributed by atoms with Crippen LogP contribution in [-0.2, 0) is 6.54 Å². The van der Waals surface area contributed by atoms with Crippen LogP contribution in [0, 0.1) is 30.9 Å². The molecule has 9 nitrogen and oxygen atoms in total. The van der Waals surface area contributed by atoms with E-state index in [2.05, 4.69) is 10.2 Å². The molecule has 9 heteroatoms. The molecule has 0 atom stereocenters. The third-order valence-corrected chi connectivity index (χ3v) is 3.26. The van der Waals surface area contributed by atoms with Crippen molar-refractivity contribution < 1.29 is 14.8 Å². The zero-order chi connectivity index (χ0) is 15.9. The van der Waals surface area contributed by atoms with Crippen LogP contribution >= 0.6 is 0 Å². The first-order valence-electron chi connectivity index (χ1n) is 6.31. The van der Waals surface area contributed by atoms with E-state index >= 15 is 0 Å². The van der Waals surface area contributed by atoms with E-state index in [-0.39, 0.29) is 22.8 Å². The molecule has 0 unspecified atom stereocenters. The smallest absolute Gasteiger partial charge is 0.339 e. The van der Waals surface area contributed by atoms with Gasteiger partial charge < -0.3 is 5.11 Å². The number of aromatic nitrogens is 4. The van der Waals surface area contributed by atoms with Gasteiger partial charge in [-0.05, 0) is 27.7 Å². The minimum absolute atomic E-state index is 0.0470. The quantitative estimate of drug-likeness (QED) is 0.676. The van der Waals surface area contributed by atoms with Crippen LogP contribution in [0.5, 0.6) is 0 Å². The van der Waals surface area contributed by atoms with Crippen LogP contribution in [0.1, 0.15) is 34.4 Å². The summed E-state index contributed by atoms with van der Waals surface area (Å²) in [4.78, 5) is 22.0. The van der Waals surface area contributed by atoms with Crippen LogP contribution in [0.15, 0.2) is 0 Å². The van der Waals surface area contributed by atoms with Crippen molar-refractivity contribution in [3.05, 3.63) is 32.8 Å². The Morgan fingerprint density at radius 3 is 2.33 bits per heavy atom. The third-order valence-electron chi connectivity index (χ3n) is 3.26. The monoisotopic (exact) mass is 293 g/mol. The zero-order valence-electron chi connectivity index (χ0n) is 12.1. The van der Waals surface area contributed by atoms with Gasteiger partial charge in [0.15, 0.2) is 0 Å². The number of aromatic carboxylic acids is 1. The van der Waals surface area contributed by atoms with Crippen molar-refractivity contribution in [2.75, 3.05) is 0 Å². The summed E-state index contributed by atoms with van der Waals surface area (Å²) in [6.07, 6.45) is 0. The lowest BCUT2D eigenvalue weighted by molar-refractivity contribution is -0.385. The van der Waals surface area contributed by atoms with Crippen LogP contribution in [-0.4, -0.2) is 35.6 Å². The molecule has 0 fully saturated rings. The number of hydrogen-bond acceptors (Lipinski definition) is 5. The number of aryl methyl sites for hydroxylation is 3. The summed E-state index contributed by atoms with van der Waals surface area (Å²) in [7, 11) is 0. The maximum Gasteiger partial charge on any atom is 0.339 e. The molecule has 112 valence electrons. The molecule has 0 bridgehead atoms. The first-order valence-corrected chi connectivity index (χ1v) is 6.31. The van der Waals surface area contributed by atoms with E-state index in [1.165, 1.54) is 16.3 Å². The lowest BCUT2D eigenvalue weighted by Crippen LogP contribution is -2.11. The Morgan fingerprint density at radius 1 is 1.29 bits per heavy atom. The third kappa shape index (κ3) is 2.16. The van der Waals surface area contributed by atoms with Crippen LogP contribution in [0.3, 0.4) is 0 Å². The van der Waals surface area contributed by atoms with E-state index in [4.69, 9.17) is 0 Å². The van der Waals surface area contributed by atoms with Crippen LogP contribution in [0.2, 0.25) is 0 Å². The van der Waals surface area contributed by atoms with Crippen molar-refractivity contribution in [3.63, 3.8) is 0 Å². The second-order valence-electron chi connectivity index (χ2n) is 4.59. The second kappa shape index (κ2) is 5.00. The molecule has 0 aromatic carbocycles. The second-order valence-corrected chi connectivity index (χ2v) is 4.59. The van der Waals surface area contributed by atoms with E-state index in [9.17, 15) is 20.0 Å². The van der Waals surface area contributed by atoms with E-state index in [0.29, 0.717) is 17.9 Å². The van der Waals surface area contributed by atoms with Crippen LogP contribution < -0.4 is 0 Å². The first-order chi connectivity index (χ1) is 9.79. The topological polar surface area (TPSA) is 116 Å². The molecular weight excluding hydrogens is 278 g/mol. The van der Waals surface area contributed by atoms with Gasteiger partial charge in [-0.1, -0.05) is 0 Å². The van der Waals surface area contributed by atoms with E-state index < -0.39 is 10.9 Å². The Morgan fingerprint density at radius 2 is 1.90 bits per heavy atom. The highest BCUT2D eigenvalue weighted by Gasteiger charge is 2.30. The molecule has 0 aliphatic heterocycles. The van der Waals surface area contributed by atoms with Gasteiger partial charge in [0.1, 0.15) is 11.3 Å². The molecule has 0 saturated carbocycles. The molecule has 0 aliphatic carbocycles. The van der Waals surface area contributed by atoms with Gasteiger partial charge in [0.2, 0.25) is 5.82 Å². The van der Waals surface area contributed by atoms with Gasteiger partial charge in [-0.2, -0.15) is 10.2 Å². The number of carboxylic acids is 1. The van der Waals surface area contributed by atoms with E-state index in [0.717, 1.165) is 0 Å². The summed E-state index contributed by atoms with van der Waals surface area (Å²) < 4.78 is 2.72. The number of hydrogen-bond donors (Lipinski definition) is 1. The van der Waals surface area contributed by atoms with Gasteiger partial charge in [0.25, 0.3) is 0 Å². The van der Waals surface area contributed by atoms with Crippen molar-refractivity contribution in [3.8, 4) is 5.82 Å². The fourth-order valence-corrected chi connectivity index (χ4v) is 2.36. The fraction of sp³-hybridized carbons (Fsp3) is 0.417. The molecule has 0 saturated heterocycles. The minimum atomic E-state index is -1.11. The van der Waals surface area contributed by atoms with Crippen molar-refractivity contribution >= 4 is 11.7 Å². The summed E-state index contributed by atoms with van der Waals surface area (Å²) in [6.45, 7) is 6.86. The standard InChI is InChI=1S/C12H15N5O4/c1-5-15-11(10(17(20)21)7(3)13-15)16-8(4)9(12(18)19)6(2)14-16/h5H2,1-4H3,(H,18,19). The van der Waals surface area contributed by atoms with Crippen molar-refractivity contribution in [2.24, 2.45) is 0 Å². The molecule has 0 spiro atoms. The Labute approximate surface area is 120 Å². The first kappa shape index (κ1) is 14.7. The summed E-state index contributed by atoms with van der Waals surface area (Å²) in [5.74, 6) is -0.939. The summed E-state index contributed by atoms with van der Waals surface area (Å²) in [5, 5.41) is 28.7. The zero-order valence-corrected chi connectivity index (χ0v) is 12.1. The summed E-state index contributed by atoms with van der Waals surface area (Å²) >= 11 is 0. The number of nitro groups is 1. The average molecular weight is 293 g/mol. The van der Waals surface area contributed by atoms with Gasteiger partial charge in [0.05, 0.1) is 16.3 Å². The molecule has 2 aromatic rings. The lowest BCUT2D eigenvalue weighted by Gasteiger charge is -2.06. The van der Waals surface area contributed by atoms with E-state index in [1.54, 1.807) is 20.8 Å². The molecular formula is C12H15N5O4. The minimum Gasteiger partial charge on any atom is -0.478 e. The number of carbonyl (C=O) groups is 1. The summed E-state index contributed by atoms with van der Waals surface area (Å²) in [6, 6.07) is 0. The predicted octanol–water partition coefficient (Wildman–Crippen LogP) is 1.62. The molecule has 21 heavy (non-hydrogen) atoms. The van der Waals surface area contributed by atoms with Crippen LogP contribution in [0.25, 0.3) is 5.82 Å². The van der Waals surface area contributed by atoms with Crippen molar-refractivity contribution in [2.45, 2.75) is 34.2 Å². The average Bonchev–Trinajstić information content (AvgIpc) is 2.85. The molecule has 0 aliphatic rings. The van der Waals surface area contributed by atoms with Gasteiger partial charge in [-0.3, -0.25) is 10.1 Å². The highest BCUT2D eigenvalue weighted by Crippen LogP contribution is 2.29. The molecule has 1 N–H and O–H groups in total. The maximum atomic E-state index is 11.3. The van der Waals surface area contributed by atoms with Crippen LogP contribution in [0.4, 0.5) is 5.69 Å². The van der Waals surface area contributed by atoms with Crippen molar-refractivity contribution in [1.29, 1.82) is 0 Å². The molecule has 0 amide bonds. The SMILES string of the molecule is CCn1nc(C)c([N+](=O)[O-])c1-n1nc(C)c(C(=O)O)c1C. The number of rotatable bonds is 4. The molecule has 2 aromatic heterocycles. The molecule has 2 heterocycles. The Kier molecular flexibility index (Phi) is 3.50. The highest BCUT2D eigenvalue weighted by atomic mass is 16.6. The fourth-order valence-electron chi connectivity index (χ4n) is 2.36. The largest absolute Gasteiger partial charge is 0.478 e. The van der Waals surface area contributed by atoms with E-state index in [1.807, 2.05) is 0 Å². The Hall–Kier alpha value is -2.71. The Balaban J connectivity index is 2.82. The summed E-state index contributed by atoms with van der Waals surface area (Å²) in [5.41, 5.74) is 0.778. The molecule has 2 rings (SSSR count). The van der Waals surface area contributed by atoms with Gasteiger partial charge >= 0.3 is 11.7 Å². The molecule has 0 radical (unpaired) electrons. The van der Waals surface area contributed by atoms with Crippen molar-refractivity contribution in [1.82, 2.24) is 19.6 Å². The predicted molar refractivity (Wildman–Crippen MR) is 72.8 cm³/mol. The number of nitrogens with zero attached hydrogens (tertiary/aromatic N) is 5. The normalized spacial score (nSPS) is 10.9. The number of carboxylic acid groups (broad SMARTS) is 1. The lowest BCUT2D eigenvalue weighted by atomic mass is 10.2. The van der Waals surface area contributed by atoms with Gasteiger partial charge in [-0.25, -0.2) is 14.2 Å². The Bertz CT molecular complexity index is 743.